The highest BCUT2D eigenvalue weighted by Gasteiger charge is 2.26. The summed E-state index contributed by atoms with van der Waals surface area (Å²) >= 11 is 5.02. The number of carbonyl (C=O) groups is 1. The molecular formula is C13H21N5O2S. The first-order valence-electron chi connectivity index (χ1n) is 7.07. The van der Waals surface area contributed by atoms with E-state index in [1.54, 1.807) is 11.0 Å². The molecule has 0 aliphatic carbocycles. The predicted molar refractivity (Wildman–Crippen MR) is 81.1 cm³/mol. The molecule has 0 aromatic carbocycles. The van der Waals surface area contributed by atoms with Gasteiger partial charge in [0.05, 0.1) is 17.9 Å². The summed E-state index contributed by atoms with van der Waals surface area (Å²) in [6.07, 6.45) is 1.85. The zero-order valence-corrected chi connectivity index (χ0v) is 13.5. The van der Waals surface area contributed by atoms with Crippen LogP contribution in [-0.2, 0) is 17.4 Å². The summed E-state index contributed by atoms with van der Waals surface area (Å²) in [5.41, 5.74) is 0. The van der Waals surface area contributed by atoms with Crippen molar-refractivity contribution in [2.75, 3.05) is 31.2 Å². The number of ketones is 1. The topological polar surface area (TPSA) is 65.8 Å². The summed E-state index contributed by atoms with van der Waals surface area (Å²) < 4.78 is 5.14. The first kappa shape index (κ1) is 15.8. The largest absolute Gasteiger partial charge is 0.764 e. The van der Waals surface area contributed by atoms with Gasteiger partial charge in [0.1, 0.15) is 5.78 Å². The molecule has 1 saturated heterocycles. The molecule has 0 unspecified atom stereocenters. The van der Waals surface area contributed by atoms with Crippen molar-refractivity contribution in [3.8, 4) is 0 Å². The van der Waals surface area contributed by atoms with Crippen molar-refractivity contribution in [3.05, 3.63) is 6.20 Å². The van der Waals surface area contributed by atoms with Crippen molar-refractivity contribution in [1.82, 2.24) is 10.2 Å². The number of aromatic nitrogens is 2. The van der Waals surface area contributed by atoms with Gasteiger partial charge in [-0.3, -0.25) is 14.2 Å². The number of hydrogen-bond donors (Lipinski definition) is 0. The van der Waals surface area contributed by atoms with E-state index in [2.05, 4.69) is 34.0 Å². The third kappa shape index (κ3) is 4.47. The Balaban J connectivity index is 1.96. The maximum atomic E-state index is 11.0. The van der Waals surface area contributed by atoms with Crippen molar-refractivity contribution in [2.45, 2.75) is 33.2 Å². The minimum atomic E-state index is -0.0130. The first-order valence-corrected chi connectivity index (χ1v) is 7.48. The number of nitrogens with zero attached hydrogens (tertiary/aromatic N) is 5. The van der Waals surface area contributed by atoms with E-state index in [0.29, 0.717) is 17.0 Å². The summed E-state index contributed by atoms with van der Waals surface area (Å²) in [7, 11) is 0. The Hall–Kier alpha value is -1.54. The highest BCUT2D eigenvalue weighted by Crippen LogP contribution is 2.08. The van der Waals surface area contributed by atoms with E-state index in [1.807, 2.05) is 0 Å². The highest BCUT2D eigenvalue weighted by molar-refractivity contribution is 7.77. The molecule has 1 aromatic heterocycles. The Labute approximate surface area is 130 Å². The Kier molecular flexibility index (Phi) is 5.24. The number of rotatable bonds is 5. The van der Waals surface area contributed by atoms with Gasteiger partial charge in [-0.05, 0) is 20.8 Å². The second-order valence-electron chi connectivity index (χ2n) is 5.43. The fraction of sp³-hybridized carbons (Fsp3) is 0.692. The van der Waals surface area contributed by atoms with E-state index in [9.17, 15) is 4.79 Å². The summed E-state index contributed by atoms with van der Waals surface area (Å²) in [5, 5.41) is 6.36. The van der Waals surface area contributed by atoms with Gasteiger partial charge in [0.2, 0.25) is 5.27 Å². The van der Waals surface area contributed by atoms with Crippen molar-refractivity contribution in [2.24, 2.45) is 4.99 Å². The van der Waals surface area contributed by atoms with E-state index in [4.69, 9.17) is 17.2 Å². The van der Waals surface area contributed by atoms with Crippen molar-refractivity contribution < 1.29 is 14.1 Å². The Morgan fingerprint density at radius 1 is 1.48 bits per heavy atom. The number of piperazine rings is 1. The lowest BCUT2D eigenvalue weighted by Crippen LogP contribution is -2.65. The molecule has 116 valence electrons. The van der Waals surface area contributed by atoms with Gasteiger partial charge in [0, 0.05) is 25.6 Å². The highest BCUT2D eigenvalue weighted by atomic mass is 32.1. The van der Waals surface area contributed by atoms with Gasteiger partial charge in [-0.2, -0.15) is 5.01 Å². The molecule has 0 spiro atoms. The zero-order valence-electron chi connectivity index (χ0n) is 12.7. The fourth-order valence-corrected chi connectivity index (χ4v) is 2.51. The minimum Gasteiger partial charge on any atom is -0.764 e. The van der Waals surface area contributed by atoms with Crippen LogP contribution in [0.1, 0.15) is 27.2 Å². The summed E-state index contributed by atoms with van der Waals surface area (Å²) in [6, 6.07) is 0.559. The maximum absolute atomic E-state index is 11.0. The van der Waals surface area contributed by atoms with E-state index in [0.717, 1.165) is 26.2 Å². The Bertz CT molecular complexity index is 520. The molecule has 1 fully saturated rings. The third-order valence-electron chi connectivity index (χ3n) is 3.39. The van der Waals surface area contributed by atoms with Gasteiger partial charge >= 0.3 is 5.88 Å². The van der Waals surface area contributed by atoms with Crippen LogP contribution in [0, 0.1) is 0 Å². The number of aliphatic imine (C=N–C) groups is 1. The maximum Gasteiger partial charge on any atom is 0.323 e. The van der Waals surface area contributed by atoms with E-state index < -0.39 is 0 Å². The van der Waals surface area contributed by atoms with Crippen molar-refractivity contribution in [1.29, 1.82) is 0 Å². The average Bonchev–Trinajstić information content (AvgIpc) is 2.86. The lowest BCUT2D eigenvalue weighted by atomic mass is 10.2. The molecule has 2 heterocycles. The normalized spacial score (nSPS) is 17.5. The van der Waals surface area contributed by atoms with E-state index in [-0.39, 0.29) is 12.2 Å². The second kappa shape index (κ2) is 6.95. The van der Waals surface area contributed by atoms with Crippen LogP contribution in [0.25, 0.3) is 0 Å². The molecular weight excluding hydrogens is 290 g/mol. The molecule has 0 amide bonds. The standard InChI is InChI=1S/C13H21N5O2S/c1-10(2)16-4-6-17(7-5-16)18-9-12(20-15-18)14-13(21)8-11(3)19/h9-10H,4-8H2,1-3H3. The second-order valence-corrected chi connectivity index (χ2v) is 5.90. The molecule has 7 nitrogen and oxygen atoms in total. The van der Waals surface area contributed by atoms with Crippen LogP contribution in [0.3, 0.4) is 0 Å². The Morgan fingerprint density at radius 2 is 2.14 bits per heavy atom. The molecule has 1 aliphatic rings. The van der Waals surface area contributed by atoms with Crippen LogP contribution < -0.4 is 9.80 Å². The van der Waals surface area contributed by atoms with Crippen LogP contribution in [0.5, 0.6) is 0 Å². The van der Waals surface area contributed by atoms with E-state index >= 15 is 0 Å². The van der Waals surface area contributed by atoms with Gasteiger partial charge in [-0.25, -0.2) is 4.99 Å². The number of Topliss-reactive ketones (excluding diaryl/α,β-unsaturated/α-hetero) is 1. The summed E-state index contributed by atoms with van der Waals surface area (Å²) in [6.45, 7) is 9.63. The molecule has 1 aliphatic heterocycles. The van der Waals surface area contributed by atoms with Gasteiger partial charge in [-0.1, -0.05) is 5.04 Å². The number of carbonyl (C=O) groups excluding carboxylic acids is 1. The predicted octanol–water partition coefficient (Wildman–Crippen LogP) is 0.180. The number of hydrogen-bond acceptors (Lipinski definition) is 7. The van der Waals surface area contributed by atoms with Gasteiger partial charge in [0.25, 0.3) is 6.20 Å². The van der Waals surface area contributed by atoms with Gasteiger partial charge in [0.15, 0.2) is 0 Å². The van der Waals surface area contributed by atoms with Crippen LogP contribution in [0.2, 0.25) is 0 Å². The van der Waals surface area contributed by atoms with Crippen molar-refractivity contribution in [3.63, 3.8) is 0 Å². The molecule has 2 rings (SSSR count). The average molecular weight is 311 g/mol. The van der Waals surface area contributed by atoms with Crippen molar-refractivity contribution >= 4 is 29.3 Å². The van der Waals surface area contributed by atoms with Crippen LogP contribution >= 0.6 is 0 Å². The smallest absolute Gasteiger partial charge is 0.323 e. The summed E-state index contributed by atoms with van der Waals surface area (Å²) in [4.78, 5) is 19.1. The molecule has 8 heteroatoms. The fourth-order valence-electron chi connectivity index (χ4n) is 2.22. The first-order chi connectivity index (χ1) is 9.95. The lowest BCUT2D eigenvalue weighted by Gasteiger charge is -2.32. The molecule has 21 heavy (non-hydrogen) atoms. The van der Waals surface area contributed by atoms with Crippen LogP contribution in [0.15, 0.2) is 15.7 Å². The quantitative estimate of drug-likeness (QED) is 0.334. The monoisotopic (exact) mass is 311 g/mol. The van der Waals surface area contributed by atoms with Crippen LogP contribution in [0.4, 0.5) is 5.88 Å². The SMILES string of the molecule is CC(=O)CC([S-])=Nc1c[n+](N2CCN(C(C)C)CC2)no1. The van der Waals surface area contributed by atoms with Gasteiger partial charge in [-0.15, -0.1) is 0 Å². The lowest BCUT2D eigenvalue weighted by molar-refractivity contribution is -0.759. The molecule has 0 radical (unpaired) electrons. The van der Waals surface area contributed by atoms with Gasteiger partial charge < -0.3 is 12.6 Å². The summed E-state index contributed by atoms with van der Waals surface area (Å²) in [5.74, 6) is 0.313. The molecule has 0 atom stereocenters. The zero-order chi connectivity index (χ0) is 15.4. The molecule has 0 saturated carbocycles. The third-order valence-corrected chi connectivity index (χ3v) is 3.63. The van der Waals surface area contributed by atoms with E-state index in [1.165, 1.54) is 6.92 Å². The Morgan fingerprint density at radius 3 is 2.71 bits per heavy atom. The minimum absolute atomic E-state index is 0.0130. The van der Waals surface area contributed by atoms with Crippen LogP contribution in [-0.4, -0.2) is 53.2 Å². The molecule has 0 N–H and O–H groups in total. The molecule has 1 aromatic rings. The molecule has 0 bridgehead atoms.